The molecule has 1 aliphatic heterocycles. The average molecular weight is 326 g/mol. The van der Waals surface area contributed by atoms with E-state index in [1.807, 2.05) is 0 Å². The second-order valence-corrected chi connectivity index (χ2v) is 7.34. The Morgan fingerprint density at radius 1 is 1.22 bits per heavy atom. The lowest BCUT2D eigenvalue weighted by molar-refractivity contribution is 0.178. The number of nitrogens with one attached hydrogen (secondary N) is 2. The molecule has 1 fully saturated rings. The van der Waals surface area contributed by atoms with Gasteiger partial charge in [-0.05, 0) is 67.0 Å². The Labute approximate surface area is 143 Å². The summed E-state index contributed by atoms with van der Waals surface area (Å²) in [7, 11) is 2.21. The summed E-state index contributed by atoms with van der Waals surface area (Å²) >= 11 is 0. The van der Waals surface area contributed by atoms with Gasteiger partial charge in [0.15, 0.2) is 5.96 Å². The zero-order valence-electron chi connectivity index (χ0n) is 16.2. The van der Waals surface area contributed by atoms with Crippen molar-refractivity contribution in [3.63, 3.8) is 0 Å². The maximum absolute atomic E-state index is 4.81. The third kappa shape index (κ3) is 8.02. The minimum atomic E-state index is 0.578. The first-order valence-electron chi connectivity index (χ1n) is 9.40. The van der Waals surface area contributed by atoms with Crippen LogP contribution in [0.1, 0.15) is 47.5 Å². The molecule has 1 heterocycles. The summed E-state index contributed by atoms with van der Waals surface area (Å²) < 4.78 is 0. The van der Waals surface area contributed by atoms with E-state index in [0.29, 0.717) is 18.0 Å². The van der Waals surface area contributed by atoms with Crippen LogP contribution >= 0.6 is 0 Å². The standard InChI is InChI=1S/C18H39N5/c1-7-19-18(20-10-12-23(15(2)3)16(4)5)21-13-17-9-8-11-22(6)14-17/h15-17H,7-14H2,1-6H3,(H2,19,20,21). The van der Waals surface area contributed by atoms with Gasteiger partial charge in [0, 0.05) is 44.8 Å². The number of nitrogens with zero attached hydrogens (tertiary/aromatic N) is 3. The van der Waals surface area contributed by atoms with Crippen molar-refractivity contribution in [3.8, 4) is 0 Å². The van der Waals surface area contributed by atoms with E-state index in [0.717, 1.165) is 32.1 Å². The second-order valence-electron chi connectivity index (χ2n) is 7.34. The molecule has 1 unspecified atom stereocenters. The van der Waals surface area contributed by atoms with E-state index >= 15 is 0 Å². The molecule has 1 atom stereocenters. The maximum Gasteiger partial charge on any atom is 0.191 e. The summed E-state index contributed by atoms with van der Waals surface area (Å²) in [6.45, 7) is 17.4. The summed E-state index contributed by atoms with van der Waals surface area (Å²) in [5.74, 6) is 1.67. The lowest BCUT2D eigenvalue weighted by atomic mass is 9.99. The van der Waals surface area contributed by atoms with Crippen molar-refractivity contribution < 1.29 is 0 Å². The molecule has 0 aromatic heterocycles. The van der Waals surface area contributed by atoms with Gasteiger partial charge in [-0.3, -0.25) is 9.89 Å². The SMILES string of the molecule is CCNC(=NCC1CCCN(C)C1)NCCN(C(C)C)C(C)C. The molecule has 23 heavy (non-hydrogen) atoms. The van der Waals surface area contributed by atoms with Crippen molar-refractivity contribution in [2.45, 2.75) is 59.5 Å². The first-order chi connectivity index (χ1) is 10.9. The largest absolute Gasteiger partial charge is 0.357 e. The lowest BCUT2D eigenvalue weighted by Gasteiger charge is -2.31. The molecular weight excluding hydrogens is 286 g/mol. The van der Waals surface area contributed by atoms with Gasteiger partial charge in [-0.1, -0.05) is 0 Å². The molecule has 0 amide bonds. The zero-order chi connectivity index (χ0) is 17.2. The fourth-order valence-corrected chi connectivity index (χ4v) is 3.40. The fourth-order valence-electron chi connectivity index (χ4n) is 3.40. The van der Waals surface area contributed by atoms with Gasteiger partial charge in [0.05, 0.1) is 0 Å². The molecule has 1 saturated heterocycles. The van der Waals surface area contributed by atoms with Crippen LogP contribution in [0.4, 0.5) is 0 Å². The quantitative estimate of drug-likeness (QED) is 0.529. The molecule has 0 aromatic rings. The van der Waals surface area contributed by atoms with Gasteiger partial charge < -0.3 is 15.5 Å². The Morgan fingerprint density at radius 3 is 2.48 bits per heavy atom. The summed E-state index contributed by atoms with van der Waals surface area (Å²) in [5.41, 5.74) is 0. The van der Waals surface area contributed by atoms with Crippen molar-refractivity contribution in [3.05, 3.63) is 0 Å². The fraction of sp³-hybridized carbons (Fsp3) is 0.944. The summed E-state index contributed by atoms with van der Waals surface area (Å²) in [4.78, 5) is 9.74. The molecule has 0 radical (unpaired) electrons. The Kier molecular flexibility index (Phi) is 9.56. The Morgan fingerprint density at radius 2 is 1.91 bits per heavy atom. The van der Waals surface area contributed by atoms with E-state index < -0.39 is 0 Å². The topological polar surface area (TPSA) is 42.9 Å². The zero-order valence-corrected chi connectivity index (χ0v) is 16.2. The van der Waals surface area contributed by atoms with Crippen LogP contribution in [0.5, 0.6) is 0 Å². The molecule has 1 rings (SSSR count). The van der Waals surface area contributed by atoms with Gasteiger partial charge in [0.2, 0.25) is 0 Å². The van der Waals surface area contributed by atoms with Crippen LogP contribution in [-0.2, 0) is 0 Å². The van der Waals surface area contributed by atoms with Crippen LogP contribution in [-0.4, -0.2) is 74.2 Å². The van der Waals surface area contributed by atoms with E-state index in [2.05, 4.69) is 62.1 Å². The Bertz CT molecular complexity index is 332. The Hall–Kier alpha value is -0.810. The molecule has 0 aromatic carbocycles. The number of guanidine groups is 1. The van der Waals surface area contributed by atoms with Crippen molar-refractivity contribution in [1.82, 2.24) is 20.4 Å². The second kappa shape index (κ2) is 10.9. The lowest BCUT2D eigenvalue weighted by Crippen LogP contribution is -2.45. The first-order valence-corrected chi connectivity index (χ1v) is 9.40. The molecule has 1 aliphatic rings. The Balaban J connectivity index is 2.42. The van der Waals surface area contributed by atoms with Gasteiger partial charge in [0.1, 0.15) is 0 Å². The number of likely N-dealkylation sites (tertiary alicyclic amines) is 1. The predicted octanol–water partition coefficient (Wildman–Crippen LogP) is 2.00. The highest BCUT2D eigenvalue weighted by Crippen LogP contribution is 2.14. The van der Waals surface area contributed by atoms with E-state index in [4.69, 9.17) is 4.99 Å². The van der Waals surface area contributed by atoms with Crippen LogP contribution in [0.25, 0.3) is 0 Å². The molecular formula is C18H39N5. The molecule has 5 nitrogen and oxygen atoms in total. The molecule has 136 valence electrons. The maximum atomic E-state index is 4.81. The number of rotatable bonds is 8. The predicted molar refractivity (Wildman–Crippen MR) is 101 cm³/mol. The van der Waals surface area contributed by atoms with Crippen LogP contribution in [0, 0.1) is 5.92 Å². The highest BCUT2D eigenvalue weighted by Gasteiger charge is 2.17. The smallest absolute Gasteiger partial charge is 0.191 e. The van der Waals surface area contributed by atoms with Crippen LogP contribution in [0.15, 0.2) is 4.99 Å². The third-order valence-electron chi connectivity index (χ3n) is 4.56. The highest BCUT2D eigenvalue weighted by molar-refractivity contribution is 5.79. The van der Waals surface area contributed by atoms with Gasteiger partial charge >= 0.3 is 0 Å². The van der Waals surface area contributed by atoms with Gasteiger partial charge in [-0.25, -0.2) is 0 Å². The van der Waals surface area contributed by atoms with Crippen LogP contribution in [0.2, 0.25) is 0 Å². The number of piperidine rings is 1. The minimum absolute atomic E-state index is 0.578. The van der Waals surface area contributed by atoms with E-state index in [1.54, 1.807) is 0 Å². The monoisotopic (exact) mass is 325 g/mol. The summed E-state index contributed by atoms with van der Waals surface area (Å²) in [6.07, 6.45) is 2.61. The van der Waals surface area contributed by atoms with Crippen LogP contribution < -0.4 is 10.6 Å². The van der Waals surface area contributed by atoms with Gasteiger partial charge in [-0.2, -0.15) is 0 Å². The summed E-state index contributed by atoms with van der Waals surface area (Å²) in [5, 5.41) is 6.87. The van der Waals surface area contributed by atoms with Crippen molar-refractivity contribution in [2.75, 3.05) is 46.3 Å². The van der Waals surface area contributed by atoms with E-state index in [9.17, 15) is 0 Å². The number of hydrogen-bond donors (Lipinski definition) is 2. The molecule has 5 heteroatoms. The number of hydrogen-bond acceptors (Lipinski definition) is 3. The van der Waals surface area contributed by atoms with E-state index in [-0.39, 0.29) is 0 Å². The third-order valence-corrected chi connectivity index (χ3v) is 4.56. The van der Waals surface area contributed by atoms with Crippen LogP contribution in [0.3, 0.4) is 0 Å². The van der Waals surface area contributed by atoms with Crippen molar-refractivity contribution in [1.29, 1.82) is 0 Å². The van der Waals surface area contributed by atoms with Gasteiger partial charge in [0.25, 0.3) is 0 Å². The number of aliphatic imine (C=N–C) groups is 1. The molecule has 0 saturated carbocycles. The highest BCUT2D eigenvalue weighted by atomic mass is 15.2. The molecule has 0 aliphatic carbocycles. The normalized spacial score (nSPS) is 20.6. The average Bonchev–Trinajstić information content (AvgIpc) is 2.48. The summed E-state index contributed by atoms with van der Waals surface area (Å²) in [6, 6.07) is 1.16. The van der Waals surface area contributed by atoms with Crippen molar-refractivity contribution in [2.24, 2.45) is 10.9 Å². The van der Waals surface area contributed by atoms with Gasteiger partial charge in [-0.15, -0.1) is 0 Å². The molecule has 2 N–H and O–H groups in total. The molecule has 0 bridgehead atoms. The first kappa shape index (κ1) is 20.2. The van der Waals surface area contributed by atoms with Crippen molar-refractivity contribution >= 4 is 5.96 Å². The molecule has 0 spiro atoms. The van der Waals surface area contributed by atoms with E-state index in [1.165, 1.54) is 25.9 Å². The minimum Gasteiger partial charge on any atom is -0.357 e.